The van der Waals surface area contributed by atoms with E-state index >= 15 is 0 Å². The average Bonchev–Trinajstić information content (AvgIpc) is 2.29. The lowest BCUT2D eigenvalue weighted by atomic mass is 10.0. The van der Waals surface area contributed by atoms with Crippen molar-refractivity contribution in [3.8, 4) is 0 Å². The Morgan fingerprint density at radius 2 is 1.94 bits per heavy atom. The summed E-state index contributed by atoms with van der Waals surface area (Å²) in [6.45, 7) is 4.71. The number of carboxylic acid groups (broad SMARTS) is 1. The van der Waals surface area contributed by atoms with Gasteiger partial charge in [-0.3, -0.25) is 4.79 Å². The number of hydrogen-bond donors (Lipinski definition) is 2. The van der Waals surface area contributed by atoms with Crippen molar-refractivity contribution >= 4 is 17.6 Å². The summed E-state index contributed by atoms with van der Waals surface area (Å²) >= 11 is 5.80. The molecular formula is C14H20ClNO2. The molecule has 0 radical (unpaired) electrons. The van der Waals surface area contributed by atoms with Crippen molar-refractivity contribution in [2.24, 2.45) is 5.92 Å². The number of carboxylic acids is 1. The van der Waals surface area contributed by atoms with E-state index in [1.54, 1.807) is 0 Å². The molecule has 0 saturated carbocycles. The summed E-state index contributed by atoms with van der Waals surface area (Å²) in [7, 11) is 0. The molecule has 1 rings (SSSR count). The molecule has 1 aromatic carbocycles. The van der Waals surface area contributed by atoms with Gasteiger partial charge in [-0.05, 0) is 43.0 Å². The van der Waals surface area contributed by atoms with Crippen molar-refractivity contribution in [3.63, 3.8) is 0 Å². The molecule has 18 heavy (non-hydrogen) atoms. The lowest BCUT2D eigenvalue weighted by molar-refractivity contribution is -0.139. The van der Waals surface area contributed by atoms with E-state index in [0.29, 0.717) is 18.9 Å². The van der Waals surface area contributed by atoms with Crippen molar-refractivity contribution in [2.75, 3.05) is 6.54 Å². The number of carbonyl (C=O) groups is 1. The number of aliphatic carboxylic acids is 1. The highest BCUT2D eigenvalue weighted by Crippen LogP contribution is 2.10. The van der Waals surface area contributed by atoms with Crippen LogP contribution in [0.3, 0.4) is 0 Å². The number of nitrogens with one attached hydrogen (secondary N) is 1. The molecule has 0 spiro atoms. The molecule has 0 unspecified atom stereocenters. The fourth-order valence-corrected chi connectivity index (χ4v) is 1.91. The monoisotopic (exact) mass is 269 g/mol. The van der Waals surface area contributed by atoms with Crippen LogP contribution >= 0.6 is 11.6 Å². The Hall–Kier alpha value is -1.06. The first-order valence-corrected chi connectivity index (χ1v) is 6.57. The molecule has 0 heterocycles. The number of benzene rings is 1. The Labute approximate surface area is 113 Å². The molecule has 0 amide bonds. The van der Waals surface area contributed by atoms with Gasteiger partial charge in [-0.25, -0.2) is 0 Å². The van der Waals surface area contributed by atoms with Gasteiger partial charge in [0.15, 0.2) is 0 Å². The van der Waals surface area contributed by atoms with Crippen molar-refractivity contribution in [3.05, 3.63) is 34.9 Å². The summed E-state index contributed by atoms with van der Waals surface area (Å²) in [6.07, 6.45) is 1.45. The highest BCUT2D eigenvalue weighted by Gasteiger charge is 2.17. The molecule has 0 aliphatic heterocycles. The van der Waals surface area contributed by atoms with Crippen molar-refractivity contribution in [2.45, 2.75) is 32.7 Å². The molecule has 0 aliphatic rings. The van der Waals surface area contributed by atoms with Gasteiger partial charge in [0.05, 0.1) is 0 Å². The van der Waals surface area contributed by atoms with Gasteiger partial charge in [-0.2, -0.15) is 0 Å². The second kappa shape index (κ2) is 7.39. The Kier molecular flexibility index (Phi) is 6.16. The molecule has 4 heteroatoms. The zero-order valence-corrected chi connectivity index (χ0v) is 11.6. The summed E-state index contributed by atoms with van der Waals surface area (Å²) in [5.74, 6) is -0.408. The van der Waals surface area contributed by atoms with E-state index in [-0.39, 0.29) is 0 Å². The van der Waals surface area contributed by atoms with Crippen molar-refractivity contribution in [1.82, 2.24) is 5.32 Å². The maximum absolute atomic E-state index is 11.0. The van der Waals surface area contributed by atoms with Gasteiger partial charge in [0.2, 0.25) is 0 Å². The van der Waals surface area contributed by atoms with E-state index in [2.05, 4.69) is 5.32 Å². The first-order valence-electron chi connectivity index (χ1n) is 6.19. The largest absolute Gasteiger partial charge is 0.480 e. The van der Waals surface area contributed by atoms with Crippen LogP contribution in [-0.2, 0) is 11.2 Å². The van der Waals surface area contributed by atoms with Crippen LogP contribution in [0.4, 0.5) is 0 Å². The van der Waals surface area contributed by atoms with Crippen LogP contribution in [0.5, 0.6) is 0 Å². The lowest BCUT2D eigenvalue weighted by Crippen LogP contribution is -2.38. The molecule has 0 bridgehead atoms. The van der Waals surface area contributed by atoms with Crippen LogP contribution in [0.25, 0.3) is 0 Å². The zero-order chi connectivity index (χ0) is 13.5. The van der Waals surface area contributed by atoms with Crippen LogP contribution in [-0.4, -0.2) is 23.7 Å². The van der Waals surface area contributed by atoms with Crippen LogP contribution in [0, 0.1) is 5.92 Å². The Bertz CT molecular complexity index is 376. The Balaban J connectivity index is 2.38. The van der Waals surface area contributed by atoms with Gasteiger partial charge >= 0.3 is 5.97 Å². The fourth-order valence-electron chi connectivity index (χ4n) is 1.78. The average molecular weight is 270 g/mol. The van der Waals surface area contributed by atoms with E-state index in [9.17, 15) is 4.79 Å². The number of rotatable bonds is 7. The molecule has 100 valence electrons. The Morgan fingerprint density at radius 3 is 2.44 bits per heavy atom. The highest BCUT2D eigenvalue weighted by atomic mass is 35.5. The summed E-state index contributed by atoms with van der Waals surface area (Å²) in [5.41, 5.74) is 1.15. The van der Waals surface area contributed by atoms with Gasteiger partial charge < -0.3 is 10.4 Å². The fraction of sp³-hybridized carbons (Fsp3) is 0.500. The SMILES string of the molecule is CC(C)C[C@@H](NCCc1ccc(Cl)cc1)C(=O)O. The van der Waals surface area contributed by atoms with E-state index in [1.165, 1.54) is 0 Å². The minimum absolute atomic E-state index is 0.370. The van der Waals surface area contributed by atoms with E-state index in [4.69, 9.17) is 16.7 Å². The van der Waals surface area contributed by atoms with Crippen molar-refractivity contribution in [1.29, 1.82) is 0 Å². The third-order valence-corrected chi connectivity index (χ3v) is 2.97. The molecule has 1 aromatic rings. The summed E-state index contributed by atoms with van der Waals surface area (Å²) in [4.78, 5) is 11.0. The van der Waals surface area contributed by atoms with E-state index in [1.807, 2.05) is 38.1 Å². The van der Waals surface area contributed by atoms with Crippen LogP contribution < -0.4 is 5.32 Å². The number of halogens is 1. The third-order valence-electron chi connectivity index (χ3n) is 2.72. The van der Waals surface area contributed by atoms with Gasteiger partial charge in [0, 0.05) is 5.02 Å². The predicted octanol–water partition coefficient (Wildman–Crippen LogP) is 2.97. The predicted molar refractivity (Wildman–Crippen MR) is 74.0 cm³/mol. The first kappa shape index (κ1) is 15.0. The van der Waals surface area contributed by atoms with Crippen LogP contribution in [0.15, 0.2) is 24.3 Å². The molecule has 0 fully saturated rings. The topological polar surface area (TPSA) is 49.3 Å². The van der Waals surface area contributed by atoms with Crippen molar-refractivity contribution < 1.29 is 9.90 Å². The minimum Gasteiger partial charge on any atom is -0.480 e. The molecule has 0 saturated heterocycles. The van der Waals surface area contributed by atoms with E-state index in [0.717, 1.165) is 17.0 Å². The van der Waals surface area contributed by atoms with Crippen LogP contribution in [0.2, 0.25) is 5.02 Å². The normalized spacial score (nSPS) is 12.7. The van der Waals surface area contributed by atoms with E-state index < -0.39 is 12.0 Å². The molecular weight excluding hydrogens is 250 g/mol. The quantitative estimate of drug-likeness (QED) is 0.800. The molecule has 0 aliphatic carbocycles. The number of hydrogen-bond acceptors (Lipinski definition) is 2. The highest BCUT2D eigenvalue weighted by molar-refractivity contribution is 6.30. The zero-order valence-electron chi connectivity index (χ0n) is 10.8. The standard InChI is InChI=1S/C14H20ClNO2/c1-10(2)9-13(14(17)18)16-8-7-11-3-5-12(15)6-4-11/h3-6,10,13,16H,7-9H2,1-2H3,(H,17,18)/t13-/m1/s1. The summed E-state index contributed by atoms with van der Waals surface area (Å²) in [5, 5.41) is 12.9. The maximum Gasteiger partial charge on any atom is 0.320 e. The molecule has 1 atom stereocenters. The summed E-state index contributed by atoms with van der Waals surface area (Å²) in [6, 6.07) is 7.15. The smallest absolute Gasteiger partial charge is 0.320 e. The van der Waals surface area contributed by atoms with Gasteiger partial charge in [0.1, 0.15) is 6.04 Å². The second-order valence-electron chi connectivity index (χ2n) is 4.85. The third kappa shape index (κ3) is 5.52. The van der Waals surface area contributed by atoms with Gasteiger partial charge in [-0.15, -0.1) is 0 Å². The van der Waals surface area contributed by atoms with Gasteiger partial charge in [-0.1, -0.05) is 37.6 Å². The minimum atomic E-state index is -0.778. The lowest BCUT2D eigenvalue weighted by Gasteiger charge is -2.16. The van der Waals surface area contributed by atoms with Gasteiger partial charge in [0.25, 0.3) is 0 Å². The first-order chi connectivity index (χ1) is 8.49. The maximum atomic E-state index is 11.0. The molecule has 2 N–H and O–H groups in total. The second-order valence-corrected chi connectivity index (χ2v) is 5.29. The summed E-state index contributed by atoms with van der Waals surface area (Å²) < 4.78 is 0. The Morgan fingerprint density at radius 1 is 1.33 bits per heavy atom. The molecule has 3 nitrogen and oxygen atoms in total. The van der Waals surface area contributed by atoms with Crippen LogP contribution in [0.1, 0.15) is 25.8 Å². The molecule has 0 aromatic heterocycles.